The molecular weight excluding hydrogens is 316 g/mol. The van der Waals surface area contributed by atoms with Crippen LogP contribution in [0.3, 0.4) is 0 Å². The smallest absolute Gasteiger partial charge is 0.251 e. The van der Waals surface area contributed by atoms with E-state index >= 15 is 0 Å². The van der Waals surface area contributed by atoms with E-state index in [4.69, 9.17) is 4.74 Å². The first-order valence-electron chi connectivity index (χ1n) is 8.42. The average Bonchev–Trinajstić information content (AvgIpc) is 2.66. The lowest BCUT2D eigenvalue weighted by atomic mass is 10.0. The lowest BCUT2D eigenvalue weighted by molar-refractivity contribution is -0.115. The number of ether oxygens (including phenoxy) is 1. The minimum atomic E-state index is -0.189. The van der Waals surface area contributed by atoms with Gasteiger partial charge in [0.15, 0.2) is 0 Å². The highest BCUT2D eigenvalue weighted by Gasteiger charge is 2.17. The number of amides is 2. The second-order valence-corrected chi connectivity index (χ2v) is 5.66. The summed E-state index contributed by atoms with van der Waals surface area (Å²) in [7, 11) is 1.62. The van der Waals surface area contributed by atoms with E-state index in [9.17, 15) is 9.59 Å². The van der Waals surface area contributed by atoms with Gasteiger partial charge in [-0.1, -0.05) is 38.1 Å². The summed E-state index contributed by atoms with van der Waals surface area (Å²) in [6.07, 6.45) is 1.13. The first-order chi connectivity index (χ1) is 12.1. The van der Waals surface area contributed by atoms with Gasteiger partial charge in [-0.3, -0.25) is 9.59 Å². The molecule has 0 saturated heterocycles. The van der Waals surface area contributed by atoms with Crippen LogP contribution < -0.4 is 15.4 Å². The van der Waals surface area contributed by atoms with Gasteiger partial charge < -0.3 is 15.4 Å². The predicted molar refractivity (Wildman–Crippen MR) is 98.9 cm³/mol. The highest BCUT2D eigenvalue weighted by atomic mass is 16.5. The summed E-state index contributed by atoms with van der Waals surface area (Å²) in [6.45, 7) is 3.79. The molecule has 2 N–H and O–H groups in total. The monoisotopic (exact) mass is 340 g/mol. The Bertz CT molecular complexity index is 743. The summed E-state index contributed by atoms with van der Waals surface area (Å²) < 4.78 is 5.39. The molecular formula is C20H24N2O3. The van der Waals surface area contributed by atoms with Crippen molar-refractivity contribution >= 4 is 17.5 Å². The van der Waals surface area contributed by atoms with E-state index in [0.717, 1.165) is 17.7 Å². The number of hydrogen-bond donors (Lipinski definition) is 2. The van der Waals surface area contributed by atoms with Gasteiger partial charge in [-0.15, -0.1) is 0 Å². The molecule has 0 fully saturated rings. The van der Waals surface area contributed by atoms with Crippen molar-refractivity contribution in [3.05, 3.63) is 59.7 Å². The maximum absolute atomic E-state index is 12.6. The zero-order valence-corrected chi connectivity index (χ0v) is 14.8. The standard InChI is InChI=1S/C20H24N2O3/c1-4-17(16-11-6-7-12-18(16)25-3)22-20(24)14-9-8-10-15(13-14)21-19(23)5-2/h6-13,17H,4-5H2,1-3H3,(H,21,23)(H,22,24)/t17-/m0/s1. The van der Waals surface area contributed by atoms with Crippen LogP contribution in [0.5, 0.6) is 5.75 Å². The number of carbonyl (C=O) groups is 2. The van der Waals surface area contributed by atoms with E-state index in [0.29, 0.717) is 17.7 Å². The first-order valence-corrected chi connectivity index (χ1v) is 8.42. The second kappa shape index (κ2) is 8.87. The topological polar surface area (TPSA) is 67.4 Å². The Labute approximate surface area is 148 Å². The van der Waals surface area contributed by atoms with Gasteiger partial charge in [0.1, 0.15) is 5.75 Å². The molecule has 0 unspecified atom stereocenters. The molecule has 2 aromatic rings. The van der Waals surface area contributed by atoms with Crippen LogP contribution in [0.2, 0.25) is 0 Å². The number of anilines is 1. The number of benzene rings is 2. The van der Waals surface area contributed by atoms with Crippen LogP contribution in [-0.4, -0.2) is 18.9 Å². The fourth-order valence-electron chi connectivity index (χ4n) is 2.58. The van der Waals surface area contributed by atoms with Crippen LogP contribution in [0.25, 0.3) is 0 Å². The Morgan fingerprint density at radius 2 is 1.84 bits per heavy atom. The zero-order valence-electron chi connectivity index (χ0n) is 14.8. The van der Waals surface area contributed by atoms with Gasteiger partial charge in [0.05, 0.1) is 13.2 Å². The maximum Gasteiger partial charge on any atom is 0.251 e. The predicted octanol–water partition coefficient (Wildman–Crippen LogP) is 3.92. The van der Waals surface area contributed by atoms with E-state index in [1.807, 2.05) is 31.2 Å². The van der Waals surface area contributed by atoms with Gasteiger partial charge in [-0.2, -0.15) is 0 Å². The molecule has 2 rings (SSSR count). The summed E-state index contributed by atoms with van der Waals surface area (Å²) in [5.74, 6) is 0.474. The van der Waals surface area contributed by atoms with Gasteiger partial charge in [0.2, 0.25) is 5.91 Å². The number of rotatable bonds is 7. The number of methoxy groups -OCH3 is 1. The maximum atomic E-state index is 12.6. The van der Waals surface area contributed by atoms with Crippen LogP contribution in [0.4, 0.5) is 5.69 Å². The highest BCUT2D eigenvalue weighted by Crippen LogP contribution is 2.27. The molecule has 0 spiro atoms. The third kappa shape index (κ3) is 4.83. The van der Waals surface area contributed by atoms with Crippen LogP contribution >= 0.6 is 0 Å². The van der Waals surface area contributed by atoms with Crippen molar-refractivity contribution in [3.63, 3.8) is 0 Å². The molecule has 5 heteroatoms. The molecule has 2 aromatic carbocycles. The molecule has 0 heterocycles. The van der Waals surface area contributed by atoms with Gasteiger partial charge in [-0.05, 0) is 30.7 Å². The second-order valence-electron chi connectivity index (χ2n) is 5.66. The molecule has 0 aliphatic heterocycles. The minimum absolute atomic E-state index is 0.0852. The van der Waals surface area contributed by atoms with Crippen LogP contribution in [-0.2, 0) is 4.79 Å². The molecule has 0 aliphatic rings. The van der Waals surface area contributed by atoms with Crippen LogP contribution in [0, 0.1) is 0 Å². The Kier molecular flexibility index (Phi) is 6.57. The third-order valence-electron chi connectivity index (χ3n) is 3.96. The molecule has 1 atom stereocenters. The van der Waals surface area contributed by atoms with Crippen LogP contribution in [0.1, 0.15) is 48.7 Å². The van der Waals surface area contributed by atoms with E-state index in [2.05, 4.69) is 10.6 Å². The average molecular weight is 340 g/mol. The fourth-order valence-corrected chi connectivity index (χ4v) is 2.58. The Hall–Kier alpha value is -2.82. The van der Waals surface area contributed by atoms with Crippen LogP contribution in [0.15, 0.2) is 48.5 Å². The summed E-state index contributed by atoms with van der Waals surface area (Å²) in [6, 6.07) is 14.4. The van der Waals surface area contributed by atoms with Crippen molar-refractivity contribution in [1.29, 1.82) is 0 Å². The Morgan fingerprint density at radius 3 is 2.52 bits per heavy atom. The fraction of sp³-hybridized carbons (Fsp3) is 0.300. The van der Waals surface area contributed by atoms with Crippen molar-refractivity contribution in [3.8, 4) is 5.75 Å². The molecule has 2 amide bonds. The summed E-state index contributed by atoms with van der Waals surface area (Å²) in [5.41, 5.74) is 2.06. The number of carbonyl (C=O) groups excluding carboxylic acids is 2. The van der Waals surface area contributed by atoms with Gasteiger partial charge in [0, 0.05) is 23.2 Å². The molecule has 132 valence electrons. The lowest BCUT2D eigenvalue weighted by Crippen LogP contribution is -2.28. The zero-order chi connectivity index (χ0) is 18.2. The van der Waals surface area contributed by atoms with Crippen molar-refractivity contribution in [2.75, 3.05) is 12.4 Å². The quantitative estimate of drug-likeness (QED) is 0.802. The molecule has 0 bridgehead atoms. The van der Waals surface area contributed by atoms with Gasteiger partial charge >= 0.3 is 0 Å². The van der Waals surface area contributed by atoms with Gasteiger partial charge in [-0.25, -0.2) is 0 Å². The van der Waals surface area contributed by atoms with E-state index in [1.165, 1.54) is 0 Å². The van der Waals surface area contributed by atoms with E-state index < -0.39 is 0 Å². The minimum Gasteiger partial charge on any atom is -0.496 e. The van der Waals surface area contributed by atoms with Crippen molar-refractivity contribution in [2.24, 2.45) is 0 Å². The van der Waals surface area contributed by atoms with Gasteiger partial charge in [0.25, 0.3) is 5.91 Å². The number of para-hydroxylation sites is 1. The van der Waals surface area contributed by atoms with Crippen molar-refractivity contribution in [2.45, 2.75) is 32.7 Å². The van der Waals surface area contributed by atoms with E-state index in [-0.39, 0.29) is 17.9 Å². The normalized spacial score (nSPS) is 11.5. The third-order valence-corrected chi connectivity index (χ3v) is 3.96. The van der Waals surface area contributed by atoms with E-state index in [1.54, 1.807) is 38.3 Å². The highest BCUT2D eigenvalue weighted by molar-refractivity contribution is 5.97. The van der Waals surface area contributed by atoms with Crippen molar-refractivity contribution in [1.82, 2.24) is 5.32 Å². The molecule has 25 heavy (non-hydrogen) atoms. The SMILES string of the molecule is CCC(=O)Nc1cccc(C(=O)N[C@@H](CC)c2ccccc2OC)c1. The number of nitrogens with one attached hydrogen (secondary N) is 2. The Morgan fingerprint density at radius 1 is 1.08 bits per heavy atom. The Balaban J connectivity index is 2.17. The molecule has 0 saturated carbocycles. The summed E-state index contributed by atoms with van der Waals surface area (Å²) >= 11 is 0. The summed E-state index contributed by atoms with van der Waals surface area (Å²) in [5, 5.41) is 5.80. The molecule has 0 aliphatic carbocycles. The number of hydrogen-bond acceptors (Lipinski definition) is 3. The first kappa shape index (κ1) is 18.5. The molecule has 0 radical (unpaired) electrons. The van der Waals surface area contributed by atoms with Crippen molar-refractivity contribution < 1.29 is 14.3 Å². The lowest BCUT2D eigenvalue weighted by Gasteiger charge is -2.20. The summed E-state index contributed by atoms with van der Waals surface area (Å²) in [4.78, 5) is 24.1. The largest absolute Gasteiger partial charge is 0.496 e. The molecule has 5 nitrogen and oxygen atoms in total. The molecule has 0 aromatic heterocycles.